The van der Waals surface area contributed by atoms with Crippen LogP contribution >= 0.6 is 0 Å². The molecule has 0 saturated carbocycles. The van der Waals surface area contributed by atoms with Crippen LogP contribution in [0.5, 0.6) is 0 Å². The van der Waals surface area contributed by atoms with Gasteiger partial charge in [-0.1, -0.05) is 13.8 Å². The summed E-state index contributed by atoms with van der Waals surface area (Å²) < 4.78 is 1.92. The first-order valence-corrected chi connectivity index (χ1v) is 5.80. The molecule has 0 aliphatic rings. The first-order chi connectivity index (χ1) is 7.69. The highest BCUT2D eigenvalue weighted by molar-refractivity contribution is 5.92. The van der Waals surface area contributed by atoms with Crippen molar-refractivity contribution in [2.45, 2.75) is 39.3 Å². The number of amides is 1. The van der Waals surface area contributed by atoms with Gasteiger partial charge in [-0.3, -0.25) is 4.79 Å². The van der Waals surface area contributed by atoms with Gasteiger partial charge in [-0.25, -0.2) is 0 Å². The molecule has 0 saturated heterocycles. The highest BCUT2D eigenvalue weighted by atomic mass is 16.3. The third-order valence-electron chi connectivity index (χ3n) is 2.50. The van der Waals surface area contributed by atoms with E-state index in [1.54, 1.807) is 6.07 Å². The van der Waals surface area contributed by atoms with E-state index in [9.17, 15) is 9.90 Å². The second kappa shape index (κ2) is 6.33. The van der Waals surface area contributed by atoms with Gasteiger partial charge in [0, 0.05) is 19.3 Å². The molecular weight excluding hydrogens is 204 g/mol. The Hall–Kier alpha value is -1.29. The first kappa shape index (κ1) is 12.8. The van der Waals surface area contributed by atoms with Crippen molar-refractivity contribution in [2.75, 3.05) is 6.54 Å². The molecule has 2 N–H and O–H groups in total. The SMILES string of the molecule is CCCn1cccc1C(=O)NCC(O)CC. The lowest BCUT2D eigenvalue weighted by atomic mass is 10.3. The fourth-order valence-corrected chi connectivity index (χ4v) is 1.50. The highest BCUT2D eigenvalue weighted by Gasteiger charge is 2.11. The van der Waals surface area contributed by atoms with Crippen LogP contribution in [0.1, 0.15) is 37.2 Å². The largest absolute Gasteiger partial charge is 0.391 e. The number of aryl methyl sites for hydroxylation is 1. The molecule has 0 aromatic carbocycles. The number of carbonyl (C=O) groups excluding carboxylic acids is 1. The molecule has 1 aromatic heterocycles. The molecule has 0 fully saturated rings. The predicted molar refractivity (Wildman–Crippen MR) is 63.4 cm³/mol. The van der Waals surface area contributed by atoms with Gasteiger partial charge in [-0.2, -0.15) is 0 Å². The van der Waals surface area contributed by atoms with Crippen molar-refractivity contribution in [3.05, 3.63) is 24.0 Å². The highest BCUT2D eigenvalue weighted by Crippen LogP contribution is 2.03. The lowest BCUT2D eigenvalue weighted by Gasteiger charge is -2.11. The van der Waals surface area contributed by atoms with E-state index in [2.05, 4.69) is 12.2 Å². The van der Waals surface area contributed by atoms with E-state index in [1.165, 1.54) is 0 Å². The van der Waals surface area contributed by atoms with Crippen molar-refractivity contribution in [2.24, 2.45) is 0 Å². The number of rotatable bonds is 6. The molecule has 4 nitrogen and oxygen atoms in total. The van der Waals surface area contributed by atoms with Crippen molar-refractivity contribution in [3.8, 4) is 0 Å². The maximum absolute atomic E-state index is 11.8. The fraction of sp³-hybridized carbons (Fsp3) is 0.583. The van der Waals surface area contributed by atoms with Crippen LogP contribution in [0.4, 0.5) is 0 Å². The molecule has 1 heterocycles. The Morgan fingerprint density at radius 1 is 1.56 bits per heavy atom. The number of nitrogens with zero attached hydrogens (tertiary/aromatic N) is 1. The minimum Gasteiger partial charge on any atom is -0.391 e. The maximum atomic E-state index is 11.8. The van der Waals surface area contributed by atoms with Gasteiger partial charge in [-0.15, -0.1) is 0 Å². The van der Waals surface area contributed by atoms with Crippen LogP contribution in [0.3, 0.4) is 0 Å². The lowest BCUT2D eigenvalue weighted by Crippen LogP contribution is -2.32. The number of aliphatic hydroxyl groups excluding tert-OH is 1. The standard InChI is InChI=1S/C12H20N2O2/c1-3-7-14-8-5-6-11(14)12(16)13-9-10(15)4-2/h5-6,8,10,15H,3-4,7,9H2,1-2H3,(H,13,16). The van der Waals surface area contributed by atoms with E-state index in [1.807, 2.05) is 23.8 Å². The van der Waals surface area contributed by atoms with Gasteiger partial charge in [0.05, 0.1) is 6.10 Å². The average molecular weight is 224 g/mol. The molecule has 1 rings (SSSR count). The number of nitrogens with one attached hydrogen (secondary N) is 1. The van der Waals surface area contributed by atoms with Gasteiger partial charge < -0.3 is 15.0 Å². The number of aromatic nitrogens is 1. The zero-order valence-corrected chi connectivity index (χ0v) is 9.94. The zero-order chi connectivity index (χ0) is 12.0. The third kappa shape index (κ3) is 3.38. The average Bonchev–Trinajstić information content (AvgIpc) is 2.74. The van der Waals surface area contributed by atoms with Crippen LogP contribution < -0.4 is 5.32 Å². The number of carbonyl (C=O) groups is 1. The van der Waals surface area contributed by atoms with Crippen LogP contribution in [0.15, 0.2) is 18.3 Å². The summed E-state index contributed by atoms with van der Waals surface area (Å²) in [6, 6.07) is 3.66. The minimum absolute atomic E-state index is 0.119. The van der Waals surface area contributed by atoms with E-state index in [0.29, 0.717) is 18.7 Å². The Balaban J connectivity index is 2.55. The van der Waals surface area contributed by atoms with Crippen LogP contribution in [0.25, 0.3) is 0 Å². The Morgan fingerprint density at radius 3 is 2.94 bits per heavy atom. The number of aliphatic hydroxyl groups is 1. The summed E-state index contributed by atoms with van der Waals surface area (Å²) in [5.41, 5.74) is 0.658. The van der Waals surface area contributed by atoms with Crippen molar-refractivity contribution in [1.82, 2.24) is 9.88 Å². The maximum Gasteiger partial charge on any atom is 0.267 e. The van der Waals surface area contributed by atoms with E-state index in [-0.39, 0.29) is 5.91 Å². The Kier molecular flexibility index (Phi) is 5.05. The summed E-state index contributed by atoms with van der Waals surface area (Å²) in [7, 11) is 0. The molecule has 1 amide bonds. The molecule has 0 bridgehead atoms. The van der Waals surface area contributed by atoms with Crippen molar-refractivity contribution in [1.29, 1.82) is 0 Å². The summed E-state index contributed by atoms with van der Waals surface area (Å²) in [5.74, 6) is -0.119. The molecule has 1 aromatic rings. The van der Waals surface area contributed by atoms with Gasteiger partial charge in [0.25, 0.3) is 5.91 Å². The monoisotopic (exact) mass is 224 g/mol. The molecule has 1 atom stereocenters. The summed E-state index contributed by atoms with van der Waals surface area (Å²) >= 11 is 0. The van der Waals surface area contributed by atoms with Crippen LogP contribution in [0.2, 0.25) is 0 Å². The summed E-state index contributed by atoms with van der Waals surface area (Å²) in [6.07, 6.45) is 3.08. The fourth-order valence-electron chi connectivity index (χ4n) is 1.50. The molecule has 1 unspecified atom stereocenters. The van der Waals surface area contributed by atoms with Crippen molar-refractivity contribution < 1.29 is 9.90 Å². The normalized spacial score (nSPS) is 12.4. The van der Waals surface area contributed by atoms with E-state index in [4.69, 9.17) is 0 Å². The van der Waals surface area contributed by atoms with Gasteiger partial charge in [-0.05, 0) is 25.0 Å². The number of hydrogen-bond donors (Lipinski definition) is 2. The minimum atomic E-state index is -0.460. The molecule has 0 aliphatic carbocycles. The van der Waals surface area contributed by atoms with E-state index >= 15 is 0 Å². The lowest BCUT2D eigenvalue weighted by molar-refractivity contribution is 0.0904. The van der Waals surface area contributed by atoms with Crippen LogP contribution in [0, 0.1) is 0 Å². The summed E-state index contributed by atoms with van der Waals surface area (Å²) in [5, 5.41) is 12.1. The van der Waals surface area contributed by atoms with Crippen LogP contribution in [-0.4, -0.2) is 28.2 Å². The zero-order valence-electron chi connectivity index (χ0n) is 9.94. The molecule has 0 radical (unpaired) electrons. The first-order valence-electron chi connectivity index (χ1n) is 5.80. The summed E-state index contributed by atoms with van der Waals surface area (Å²) in [6.45, 7) is 5.11. The molecular formula is C12H20N2O2. The predicted octanol–water partition coefficient (Wildman–Crippen LogP) is 1.40. The molecule has 0 spiro atoms. The van der Waals surface area contributed by atoms with E-state index in [0.717, 1.165) is 13.0 Å². The Labute approximate surface area is 96.3 Å². The molecule has 90 valence electrons. The summed E-state index contributed by atoms with van der Waals surface area (Å²) in [4.78, 5) is 11.8. The van der Waals surface area contributed by atoms with Crippen molar-refractivity contribution >= 4 is 5.91 Å². The van der Waals surface area contributed by atoms with E-state index < -0.39 is 6.10 Å². The van der Waals surface area contributed by atoms with Gasteiger partial charge in [0.1, 0.15) is 5.69 Å². The van der Waals surface area contributed by atoms with Gasteiger partial charge >= 0.3 is 0 Å². The van der Waals surface area contributed by atoms with Crippen LogP contribution in [-0.2, 0) is 6.54 Å². The quantitative estimate of drug-likeness (QED) is 0.767. The molecule has 0 aliphatic heterocycles. The van der Waals surface area contributed by atoms with Crippen molar-refractivity contribution in [3.63, 3.8) is 0 Å². The van der Waals surface area contributed by atoms with Gasteiger partial charge in [0.15, 0.2) is 0 Å². The molecule has 4 heteroatoms. The smallest absolute Gasteiger partial charge is 0.267 e. The Bertz CT molecular complexity index is 334. The second-order valence-electron chi connectivity index (χ2n) is 3.86. The topological polar surface area (TPSA) is 54.3 Å². The molecule has 16 heavy (non-hydrogen) atoms. The second-order valence-corrected chi connectivity index (χ2v) is 3.86. The number of hydrogen-bond acceptors (Lipinski definition) is 2. The Morgan fingerprint density at radius 2 is 2.31 bits per heavy atom. The third-order valence-corrected chi connectivity index (χ3v) is 2.50. The van der Waals surface area contributed by atoms with Gasteiger partial charge in [0.2, 0.25) is 0 Å².